The van der Waals surface area contributed by atoms with E-state index in [0.717, 1.165) is 31.3 Å². The maximum atomic E-state index is 12.9. The second-order valence-corrected chi connectivity index (χ2v) is 6.81. The molecule has 4 rings (SSSR count). The Balaban J connectivity index is 1.58. The molecule has 2 heterocycles. The Morgan fingerprint density at radius 2 is 2.08 bits per heavy atom. The number of fused-ring (bicyclic) bond motifs is 1. The largest absolute Gasteiger partial charge is 0.361 e. The summed E-state index contributed by atoms with van der Waals surface area (Å²) in [5.41, 5.74) is 3.10. The Bertz CT molecular complexity index is 886. The molecule has 0 saturated carbocycles. The van der Waals surface area contributed by atoms with Crippen LogP contribution in [0.15, 0.2) is 54.7 Å². The number of carbonyl (C=O) groups is 1. The number of benzene rings is 2. The van der Waals surface area contributed by atoms with Crippen LogP contribution in [0.5, 0.6) is 0 Å². The highest BCUT2D eigenvalue weighted by Crippen LogP contribution is 2.27. The molecule has 1 aliphatic heterocycles. The molecule has 3 aromatic rings. The first-order valence-corrected chi connectivity index (χ1v) is 8.72. The lowest BCUT2D eigenvalue weighted by atomic mass is 10.0. The van der Waals surface area contributed by atoms with Gasteiger partial charge < -0.3 is 9.88 Å². The zero-order chi connectivity index (χ0) is 16.5. The number of carbonyl (C=O) groups excluding carboxylic acids is 1. The number of H-pyrrole nitrogens is 1. The van der Waals surface area contributed by atoms with Crippen LogP contribution in [0.3, 0.4) is 0 Å². The molecule has 0 spiro atoms. The number of hydrogen-bond acceptors (Lipinski definition) is 1. The van der Waals surface area contributed by atoms with Gasteiger partial charge in [-0.15, -0.1) is 0 Å². The summed E-state index contributed by atoms with van der Waals surface area (Å²) in [7, 11) is 0. The average molecular weight is 339 g/mol. The topological polar surface area (TPSA) is 36.1 Å². The maximum Gasteiger partial charge on any atom is 0.254 e. The van der Waals surface area contributed by atoms with Crippen LogP contribution in [0.25, 0.3) is 10.9 Å². The second-order valence-electron chi connectivity index (χ2n) is 6.37. The highest BCUT2D eigenvalue weighted by molar-refractivity contribution is 6.30. The number of nitrogens with zero attached hydrogens (tertiary/aromatic N) is 1. The van der Waals surface area contributed by atoms with Gasteiger partial charge in [0.05, 0.1) is 0 Å². The summed E-state index contributed by atoms with van der Waals surface area (Å²) < 4.78 is 0. The molecule has 1 saturated heterocycles. The number of para-hydroxylation sites is 1. The van der Waals surface area contributed by atoms with Gasteiger partial charge in [-0.25, -0.2) is 0 Å². The first-order chi connectivity index (χ1) is 11.7. The van der Waals surface area contributed by atoms with Gasteiger partial charge in [-0.1, -0.05) is 35.9 Å². The SMILES string of the molecule is O=C(c1cccc(Cl)c1)N1CCCC1Cc1c[nH]c2ccccc12. The van der Waals surface area contributed by atoms with Gasteiger partial charge in [-0.05, 0) is 49.1 Å². The van der Waals surface area contributed by atoms with Gasteiger partial charge in [0.15, 0.2) is 0 Å². The molecule has 0 radical (unpaired) electrons. The Kier molecular flexibility index (Phi) is 4.03. The van der Waals surface area contributed by atoms with Gasteiger partial charge in [-0.3, -0.25) is 4.79 Å². The molecule has 24 heavy (non-hydrogen) atoms. The number of halogens is 1. The average Bonchev–Trinajstić information content (AvgIpc) is 3.22. The zero-order valence-corrected chi connectivity index (χ0v) is 14.1. The maximum absolute atomic E-state index is 12.9. The molecule has 2 aromatic carbocycles. The van der Waals surface area contributed by atoms with Crippen LogP contribution in [0, 0.1) is 0 Å². The highest BCUT2D eigenvalue weighted by Gasteiger charge is 2.30. The van der Waals surface area contributed by atoms with Crippen LogP contribution >= 0.6 is 11.6 Å². The van der Waals surface area contributed by atoms with Crippen molar-refractivity contribution in [1.82, 2.24) is 9.88 Å². The number of nitrogens with one attached hydrogen (secondary N) is 1. The molecule has 4 heteroatoms. The molecule has 3 nitrogen and oxygen atoms in total. The van der Waals surface area contributed by atoms with Crippen LogP contribution in [0.4, 0.5) is 0 Å². The van der Waals surface area contributed by atoms with Crippen molar-refractivity contribution >= 4 is 28.4 Å². The van der Waals surface area contributed by atoms with Crippen LogP contribution < -0.4 is 0 Å². The lowest BCUT2D eigenvalue weighted by molar-refractivity contribution is 0.0736. The fourth-order valence-electron chi connectivity index (χ4n) is 3.66. The van der Waals surface area contributed by atoms with E-state index in [1.807, 2.05) is 23.1 Å². The second kappa shape index (κ2) is 6.33. The summed E-state index contributed by atoms with van der Waals surface area (Å²) in [6, 6.07) is 15.8. The van der Waals surface area contributed by atoms with E-state index in [1.54, 1.807) is 12.1 Å². The van der Waals surface area contributed by atoms with E-state index in [4.69, 9.17) is 11.6 Å². The number of hydrogen-bond donors (Lipinski definition) is 1. The van der Waals surface area contributed by atoms with Crippen molar-refractivity contribution in [2.45, 2.75) is 25.3 Å². The third-order valence-corrected chi connectivity index (χ3v) is 5.08. The normalized spacial score (nSPS) is 17.5. The van der Waals surface area contributed by atoms with Gasteiger partial charge in [-0.2, -0.15) is 0 Å². The van der Waals surface area contributed by atoms with Crippen molar-refractivity contribution in [2.24, 2.45) is 0 Å². The van der Waals surface area contributed by atoms with Crippen LogP contribution in [-0.2, 0) is 6.42 Å². The van der Waals surface area contributed by atoms with Crippen molar-refractivity contribution in [3.05, 3.63) is 70.9 Å². The van der Waals surface area contributed by atoms with Gasteiger partial charge >= 0.3 is 0 Å². The predicted molar refractivity (Wildman–Crippen MR) is 97.5 cm³/mol. The van der Waals surface area contributed by atoms with E-state index in [9.17, 15) is 4.79 Å². The first kappa shape index (κ1) is 15.3. The lowest BCUT2D eigenvalue weighted by Gasteiger charge is -2.25. The molecule has 1 amide bonds. The molecule has 1 aliphatic rings. The van der Waals surface area contributed by atoms with Crippen molar-refractivity contribution in [1.29, 1.82) is 0 Å². The number of aromatic nitrogens is 1. The van der Waals surface area contributed by atoms with Crippen molar-refractivity contribution in [3.63, 3.8) is 0 Å². The van der Waals surface area contributed by atoms with E-state index >= 15 is 0 Å². The molecule has 1 N–H and O–H groups in total. The molecule has 122 valence electrons. The number of rotatable bonds is 3. The summed E-state index contributed by atoms with van der Waals surface area (Å²) in [5, 5.41) is 1.85. The van der Waals surface area contributed by atoms with E-state index in [2.05, 4.69) is 29.4 Å². The van der Waals surface area contributed by atoms with Crippen molar-refractivity contribution < 1.29 is 4.79 Å². The summed E-state index contributed by atoms with van der Waals surface area (Å²) in [6.45, 7) is 0.818. The summed E-state index contributed by atoms with van der Waals surface area (Å²) >= 11 is 6.04. The van der Waals surface area contributed by atoms with Crippen molar-refractivity contribution in [2.75, 3.05) is 6.54 Å². The van der Waals surface area contributed by atoms with E-state index in [1.165, 1.54) is 10.9 Å². The van der Waals surface area contributed by atoms with E-state index in [-0.39, 0.29) is 11.9 Å². The third-order valence-electron chi connectivity index (χ3n) is 4.84. The van der Waals surface area contributed by atoms with Gasteiger partial charge in [0.25, 0.3) is 5.91 Å². The summed E-state index contributed by atoms with van der Waals surface area (Å²) in [6.07, 6.45) is 5.06. The van der Waals surface area contributed by atoms with Crippen molar-refractivity contribution in [3.8, 4) is 0 Å². The number of likely N-dealkylation sites (tertiary alicyclic amines) is 1. The molecule has 1 atom stereocenters. The Morgan fingerprint density at radius 1 is 1.21 bits per heavy atom. The van der Waals surface area contributed by atoms with Gasteiger partial charge in [0.1, 0.15) is 0 Å². The zero-order valence-electron chi connectivity index (χ0n) is 13.3. The fourth-order valence-corrected chi connectivity index (χ4v) is 3.85. The minimum atomic E-state index is 0.0832. The van der Waals surface area contributed by atoms with Crippen LogP contribution in [0.1, 0.15) is 28.8 Å². The number of amides is 1. The van der Waals surface area contributed by atoms with Crippen LogP contribution in [0.2, 0.25) is 5.02 Å². The van der Waals surface area contributed by atoms with Crippen LogP contribution in [-0.4, -0.2) is 28.4 Å². The van der Waals surface area contributed by atoms with E-state index in [0.29, 0.717) is 10.6 Å². The predicted octanol–water partition coefficient (Wildman–Crippen LogP) is 4.67. The molecule has 1 fully saturated rings. The summed E-state index contributed by atoms with van der Waals surface area (Å²) in [4.78, 5) is 18.2. The van der Waals surface area contributed by atoms with Gasteiger partial charge in [0.2, 0.25) is 0 Å². The standard InChI is InChI=1S/C20H19ClN2O/c21-16-6-3-5-14(11-16)20(24)23-10-4-7-17(23)12-15-13-22-19-9-2-1-8-18(15)19/h1-3,5-6,8-9,11,13,17,22H,4,7,10,12H2. The minimum Gasteiger partial charge on any atom is -0.361 e. The third kappa shape index (κ3) is 2.80. The smallest absolute Gasteiger partial charge is 0.254 e. The lowest BCUT2D eigenvalue weighted by Crippen LogP contribution is -2.36. The van der Waals surface area contributed by atoms with E-state index < -0.39 is 0 Å². The first-order valence-electron chi connectivity index (χ1n) is 8.34. The fraction of sp³-hybridized carbons (Fsp3) is 0.250. The Labute approximate surface area is 146 Å². The quantitative estimate of drug-likeness (QED) is 0.740. The van der Waals surface area contributed by atoms with Gasteiger partial charge in [0, 0.05) is 40.3 Å². The molecule has 1 aromatic heterocycles. The minimum absolute atomic E-state index is 0.0832. The molecular formula is C20H19ClN2O. The molecule has 0 bridgehead atoms. The Hall–Kier alpha value is -2.26. The molecule has 0 aliphatic carbocycles. The molecular weight excluding hydrogens is 320 g/mol. The Morgan fingerprint density at radius 3 is 2.96 bits per heavy atom. The molecule has 1 unspecified atom stereocenters. The summed E-state index contributed by atoms with van der Waals surface area (Å²) in [5.74, 6) is 0.0832. The highest BCUT2D eigenvalue weighted by atomic mass is 35.5. The monoisotopic (exact) mass is 338 g/mol. The number of aromatic amines is 1.